The Balaban J connectivity index is 3.33. The summed E-state index contributed by atoms with van der Waals surface area (Å²) < 4.78 is 0. The van der Waals surface area contributed by atoms with Gasteiger partial charge in [-0.15, -0.1) is 23.2 Å². The summed E-state index contributed by atoms with van der Waals surface area (Å²) in [6, 6.07) is 4.14. The molecule has 0 aromatic heterocycles. The number of hydrogen-bond acceptors (Lipinski definition) is 0. The smallest absolute Gasteiger partial charge is 0.100 e. The summed E-state index contributed by atoms with van der Waals surface area (Å²) in [5.74, 6) is 0. The molecule has 0 saturated heterocycles. The Morgan fingerprint density at radius 2 is 1.50 bits per heavy atom. The molecule has 12 heavy (non-hydrogen) atoms. The molecule has 0 amide bonds. The second-order valence-electron chi connectivity index (χ2n) is 3.04. The summed E-state index contributed by atoms with van der Waals surface area (Å²) in [5, 5.41) is 0. The quantitative estimate of drug-likeness (QED) is 0.603. The minimum atomic E-state index is -0.412. The van der Waals surface area contributed by atoms with Gasteiger partial charge in [-0.1, -0.05) is 12.1 Å². The summed E-state index contributed by atoms with van der Waals surface area (Å²) in [7, 11) is 0. The lowest BCUT2D eigenvalue weighted by atomic mass is 10.00. The molecule has 0 nitrogen and oxygen atoms in total. The van der Waals surface area contributed by atoms with Gasteiger partial charge in [-0.05, 0) is 43.0 Å². The Kier molecular flexibility index (Phi) is 3.03. The van der Waals surface area contributed by atoms with E-state index in [-0.39, 0.29) is 0 Å². The molecule has 66 valence electrons. The van der Waals surface area contributed by atoms with Crippen molar-refractivity contribution in [1.29, 1.82) is 0 Å². The van der Waals surface area contributed by atoms with Crippen molar-refractivity contribution in [2.75, 3.05) is 0 Å². The van der Waals surface area contributed by atoms with Crippen molar-refractivity contribution in [3.05, 3.63) is 34.4 Å². The molecule has 1 aromatic rings. The first kappa shape index (κ1) is 9.88. The van der Waals surface area contributed by atoms with Gasteiger partial charge < -0.3 is 0 Å². The zero-order valence-electron chi connectivity index (χ0n) is 7.49. The van der Waals surface area contributed by atoms with Crippen molar-refractivity contribution in [2.24, 2.45) is 0 Å². The molecular weight excluding hydrogens is 191 g/mol. The van der Waals surface area contributed by atoms with E-state index < -0.39 is 4.84 Å². The lowest BCUT2D eigenvalue weighted by molar-refractivity contribution is 1.17. The first-order valence-corrected chi connectivity index (χ1v) is 4.76. The van der Waals surface area contributed by atoms with Crippen LogP contribution in [-0.2, 0) is 0 Å². The van der Waals surface area contributed by atoms with Crippen LogP contribution in [0.3, 0.4) is 0 Å². The van der Waals surface area contributed by atoms with Crippen LogP contribution in [0.2, 0.25) is 0 Å². The largest absolute Gasteiger partial charge is 0.133 e. The lowest BCUT2D eigenvalue weighted by Crippen LogP contribution is -1.94. The number of rotatable bonds is 1. The predicted molar refractivity (Wildman–Crippen MR) is 55.1 cm³/mol. The van der Waals surface area contributed by atoms with Crippen LogP contribution in [0.1, 0.15) is 27.1 Å². The molecule has 0 N–H and O–H groups in total. The van der Waals surface area contributed by atoms with Crippen LogP contribution in [0.4, 0.5) is 0 Å². The van der Waals surface area contributed by atoms with Crippen molar-refractivity contribution >= 4 is 23.2 Å². The SMILES string of the molecule is Cc1ccc(C)c(C(Cl)Cl)c1C. The Morgan fingerprint density at radius 3 is 1.92 bits per heavy atom. The highest BCUT2D eigenvalue weighted by Crippen LogP contribution is 2.31. The molecule has 1 aromatic carbocycles. The maximum absolute atomic E-state index is 5.85. The molecule has 0 spiro atoms. The van der Waals surface area contributed by atoms with Gasteiger partial charge in [0, 0.05) is 0 Å². The van der Waals surface area contributed by atoms with Crippen LogP contribution in [0.5, 0.6) is 0 Å². The van der Waals surface area contributed by atoms with Crippen molar-refractivity contribution in [1.82, 2.24) is 0 Å². The highest BCUT2D eigenvalue weighted by atomic mass is 35.5. The molecule has 0 aliphatic heterocycles. The second kappa shape index (κ2) is 3.68. The number of halogens is 2. The highest BCUT2D eigenvalue weighted by molar-refractivity contribution is 6.44. The van der Waals surface area contributed by atoms with Crippen molar-refractivity contribution < 1.29 is 0 Å². The van der Waals surface area contributed by atoms with E-state index in [1.165, 1.54) is 11.1 Å². The highest BCUT2D eigenvalue weighted by Gasteiger charge is 2.11. The van der Waals surface area contributed by atoms with Gasteiger partial charge in [-0.3, -0.25) is 0 Å². The van der Waals surface area contributed by atoms with Gasteiger partial charge in [0.2, 0.25) is 0 Å². The lowest BCUT2D eigenvalue weighted by Gasteiger charge is -2.12. The molecule has 0 aliphatic rings. The first-order valence-electron chi connectivity index (χ1n) is 3.89. The fourth-order valence-corrected chi connectivity index (χ4v) is 1.98. The summed E-state index contributed by atoms with van der Waals surface area (Å²) >= 11 is 11.7. The second-order valence-corrected chi connectivity index (χ2v) is 4.13. The molecule has 0 fully saturated rings. The number of benzene rings is 1. The van der Waals surface area contributed by atoms with Gasteiger partial charge in [0.15, 0.2) is 0 Å². The average Bonchev–Trinajstić information content (AvgIpc) is 1.97. The van der Waals surface area contributed by atoms with E-state index >= 15 is 0 Å². The third-order valence-electron chi connectivity index (χ3n) is 2.22. The number of hydrogen-bond donors (Lipinski definition) is 0. The third-order valence-corrected chi connectivity index (χ3v) is 2.66. The fourth-order valence-electron chi connectivity index (χ4n) is 1.31. The minimum absolute atomic E-state index is 0.412. The van der Waals surface area contributed by atoms with Gasteiger partial charge in [-0.2, -0.15) is 0 Å². The number of alkyl halides is 2. The van der Waals surface area contributed by atoms with E-state index in [0.29, 0.717) is 0 Å². The van der Waals surface area contributed by atoms with Crippen LogP contribution in [0.15, 0.2) is 12.1 Å². The van der Waals surface area contributed by atoms with E-state index in [1.807, 2.05) is 6.92 Å². The van der Waals surface area contributed by atoms with Gasteiger partial charge >= 0.3 is 0 Å². The van der Waals surface area contributed by atoms with Crippen LogP contribution in [0, 0.1) is 20.8 Å². The summed E-state index contributed by atoms with van der Waals surface area (Å²) in [5.41, 5.74) is 4.65. The molecule has 0 aliphatic carbocycles. The number of aryl methyl sites for hydroxylation is 2. The minimum Gasteiger partial charge on any atom is -0.100 e. The van der Waals surface area contributed by atoms with Crippen molar-refractivity contribution in [3.8, 4) is 0 Å². The Bertz CT molecular complexity index is 290. The molecule has 0 saturated carbocycles. The van der Waals surface area contributed by atoms with E-state index in [2.05, 4.69) is 26.0 Å². The molecule has 0 heterocycles. The van der Waals surface area contributed by atoms with Gasteiger partial charge in [-0.25, -0.2) is 0 Å². The zero-order chi connectivity index (χ0) is 9.30. The van der Waals surface area contributed by atoms with E-state index in [9.17, 15) is 0 Å². The van der Waals surface area contributed by atoms with Crippen molar-refractivity contribution in [3.63, 3.8) is 0 Å². The summed E-state index contributed by atoms with van der Waals surface area (Å²) in [6.07, 6.45) is 0. The van der Waals surface area contributed by atoms with Crippen LogP contribution in [0.25, 0.3) is 0 Å². The standard InChI is InChI=1S/C10H12Cl2/c1-6-4-5-7(2)9(8(6)3)10(11)12/h4-5,10H,1-3H3. The average molecular weight is 203 g/mol. The zero-order valence-corrected chi connectivity index (χ0v) is 9.00. The van der Waals surface area contributed by atoms with Gasteiger partial charge in [0.05, 0.1) is 0 Å². The van der Waals surface area contributed by atoms with Crippen LogP contribution >= 0.6 is 23.2 Å². The normalized spacial score (nSPS) is 10.8. The maximum atomic E-state index is 5.85. The molecule has 0 radical (unpaired) electrons. The fraction of sp³-hybridized carbons (Fsp3) is 0.400. The molecule has 0 bridgehead atoms. The summed E-state index contributed by atoms with van der Waals surface area (Å²) in [6.45, 7) is 6.14. The monoisotopic (exact) mass is 202 g/mol. The topological polar surface area (TPSA) is 0 Å². The molecule has 2 heteroatoms. The Labute approximate surface area is 83.5 Å². The summed E-state index contributed by atoms with van der Waals surface area (Å²) in [4.78, 5) is -0.412. The molecule has 1 rings (SSSR count). The van der Waals surface area contributed by atoms with Crippen molar-refractivity contribution in [2.45, 2.75) is 25.6 Å². The van der Waals surface area contributed by atoms with E-state index in [0.717, 1.165) is 11.1 Å². The molecular formula is C10H12Cl2. The van der Waals surface area contributed by atoms with Gasteiger partial charge in [0.25, 0.3) is 0 Å². The maximum Gasteiger partial charge on any atom is 0.133 e. The van der Waals surface area contributed by atoms with E-state index in [4.69, 9.17) is 23.2 Å². The van der Waals surface area contributed by atoms with Gasteiger partial charge in [0.1, 0.15) is 4.84 Å². The molecule has 0 atom stereocenters. The van der Waals surface area contributed by atoms with E-state index in [1.54, 1.807) is 0 Å². The Hall–Kier alpha value is -0.200. The third kappa shape index (κ3) is 1.75. The first-order chi connectivity index (χ1) is 5.54. The van der Waals surface area contributed by atoms with Crippen LogP contribution < -0.4 is 0 Å². The van der Waals surface area contributed by atoms with Crippen LogP contribution in [-0.4, -0.2) is 0 Å². The predicted octanol–water partition coefficient (Wildman–Crippen LogP) is 4.09. The Morgan fingerprint density at radius 1 is 1.00 bits per heavy atom. The molecule has 0 unspecified atom stereocenters.